The molecule has 2 aromatic rings. The second-order valence-electron chi connectivity index (χ2n) is 4.96. The molecule has 0 radical (unpaired) electrons. The predicted molar refractivity (Wildman–Crippen MR) is 81.7 cm³/mol. The Labute approximate surface area is 131 Å². The van der Waals surface area contributed by atoms with Gasteiger partial charge in [0.15, 0.2) is 5.01 Å². The van der Waals surface area contributed by atoms with E-state index in [9.17, 15) is 8.78 Å². The van der Waals surface area contributed by atoms with Crippen molar-refractivity contribution in [3.63, 3.8) is 0 Å². The number of halogens is 3. The maximum absolute atomic E-state index is 13.8. The van der Waals surface area contributed by atoms with Crippen LogP contribution in [0.3, 0.4) is 0 Å². The molecule has 0 amide bonds. The molecule has 0 aliphatic heterocycles. The van der Waals surface area contributed by atoms with Crippen molar-refractivity contribution in [2.75, 3.05) is 6.54 Å². The highest BCUT2D eigenvalue weighted by Gasteiger charge is 2.14. The molecule has 0 atom stereocenters. The molecule has 0 spiro atoms. The summed E-state index contributed by atoms with van der Waals surface area (Å²) < 4.78 is 27.2. The summed E-state index contributed by atoms with van der Waals surface area (Å²) in [5.74, 6) is -1.25. The van der Waals surface area contributed by atoms with Crippen LogP contribution >= 0.6 is 22.9 Å². The lowest BCUT2D eigenvalue weighted by Gasteiger charge is -2.05. The Morgan fingerprint density at radius 3 is 2.71 bits per heavy atom. The summed E-state index contributed by atoms with van der Waals surface area (Å²) in [5.41, 5.74) is 0.0981. The van der Waals surface area contributed by atoms with Crippen molar-refractivity contribution < 1.29 is 8.78 Å². The number of hydrogen-bond donors (Lipinski definition) is 1. The Morgan fingerprint density at radius 2 is 2.00 bits per heavy atom. The molecule has 0 aliphatic carbocycles. The van der Waals surface area contributed by atoms with E-state index in [1.165, 1.54) is 11.3 Å². The zero-order valence-electron chi connectivity index (χ0n) is 11.8. The van der Waals surface area contributed by atoms with Crippen molar-refractivity contribution in [1.29, 1.82) is 0 Å². The van der Waals surface area contributed by atoms with Gasteiger partial charge >= 0.3 is 0 Å². The van der Waals surface area contributed by atoms with Gasteiger partial charge in [-0.25, -0.2) is 8.78 Å². The molecular formula is C14H16ClF2N3S. The number of nitrogens with one attached hydrogen (secondary N) is 1. The van der Waals surface area contributed by atoms with Crippen molar-refractivity contribution >= 4 is 22.9 Å². The summed E-state index contributed by atoms with van der Waals surface area (Å²) in [6.45, 7) is 5.05. The molecule has 3 nitrogen and oxygen atoms in total. The van der Waals surface area contributed by atoms with Crippen LogP contribution in [0, 0.1) is 11.6 Å². The van der Waals surface area contributed by atoms with E-state index in [2.05, 4.69) is 29.4 Å². The van der Waals surface area contributed by atoms with Gasteiger partial charge in [-0.1, -0.05) is 36.8 Å². The Morgan fingerprint density at radius 1 is 1.24 bits per heavy atom. The minimum absolute atomic E-state index is 0.0981. The van der Waals surface area contributed by atoms with Crippen LogP contribution < -0.4 is 5.32 Å². The lowest BCUT2D eigenvalue weighted by Crippen LogP contribution is -2.23. The largest absolute Gasteiger partial charge is 0.315 e. The number of hydrogen-bond acceptors (Lipinski definition) is 4. The zero-order valence-corrected chi connectivity index (χ0v) is 13.4. The predicted octanol–water partition coefficient (Wildman–Crippen LogP) is 4.07. The monoisotopic (exact) mass is 331 g/mol. The number of aryl methyl sites for hydroxylation is 1. The molecule has 114 valence electrons. The van der Waals surface area contributed by atoms with Crippen LogP contribution in [0.2, 0.25) is 5.02 Å². The maximum Gasteiger partial charge on any atom is 0.150 e. The number of benzene rings is 1. The Kier molecular flexibility index (Phi) is 5.61. The highest BCUT2D eigenvalue weighted by molar-refractivity contribution is 7.14. The lowest BCUT2D eigenvalue weighted by molar-refractivity contribution is 0.569. The SMILES string of the molecule is CC(C)NCCCc1nnc(-c2cc(F)c(Cl)cc2F)s1. The van der Waals surface area contributed by atoms with Crippen molar-refractivity contribution in [3.8, 4) is 10.6 Å². The molecule has 1 aromatic heterocycles. The van der Waals surface area contributed by atoms with Gasteiger partial charge in [0, 0.05) is 12.5 Å². The molecular weight excluding hydrogens is 316 g/mol. The highest BCUT2D eigenvalue weighted by atomic mass is 35.5. The minimum atomic E-state index is -0.661. The number of nitrogens with zero attached hydrogens (tertiary/aromatic N) is 2. The minimum Gasteiger partial charge on any atom is -0.315 e. The van der Waals surface area contributed by atoms with Gasteiger partial charge in [-0.2, -0.15) is 0 Å². The summed E-state index contributed by atoms with van der Waals surface area (Å²) in [4.78, 5) is 0. The van der Waals surface area contributed by atoms with E-state index in [0.717, 1.165) is 36.5 Å². The van der Waals surface area contributed by atoms with Crippen molar-refractivity contribution in [2.45, 2.75) is 32.7 Å². The number of rotatable bonds is 6. The van der Waals surface area contributed by atoms with Crippen molar-refractivity contribution in [3.05, 3.63) is 33.8 Å². The van der Waals surface area contributed by atoms with Crippen LogP contribution in [0.5, 0.6) is 0 Å². The molecule has 0 saturated carbocycles. The van der Waals surface area contributed by atoms with Crippen molar-refractivity contribution in [2.24, 2.45) is 0 Å². The van der Waals surface area contributed by atoms with E-state index in [4.69, 9.17) is 11.6 Å². The van der Waals surface area contributed by atoms with Gasteiger partial charge in [0.2, 0.25) is 0 Å². The van der Waals surface area contributed by atoms with Crippen LogP contribution in [0.15, 0.2) is 12.1 Å². The summed E-state index contributed by atoms with van der Waals surface area (Å²) in [7, 11) is 0. The molecule has 1 aromatic carbocycles. The fraction of sp³-hybridized carbons (Fsp3) is 0.429. The average Bonchev–Trinajstić information content (AvgIpc) is 2.87. The van der Waals surface area contributed by atoms with E-state index in [0.29, 0.717) is 11.0 Å². The standard InChI is InChI=1S/C14H16ClF2N3S/c1-8(2)18-5-3-4-13-19-20-14(21-13)9-6-12(17)10(15)7-11(9)16/h6-8,18H,3-5H2,1-2H3. The normalized spacial score (nSPS) is 11.3. The van der Waals surface area contributed by atoms with E-state index in [-0.39, 0.29) is 10.6 Å². The second-order valence-corrected chi connectivity index (χ2v) is 6.43. The number of aromatic nitrogens is 2. The first-order valence-electron chi connectivity index (χ1n) is 6.68. The Bertz CT molecular complexity index is 616. The van der Waals surface area contributed by atoms with E-state index >= 15 is 0 Å². The molecule has 0 bridgehead atoms. The molecule has 0 unspecified atom stereocenters. The van der Waals surface area contributed by atoms with Crippen LogP contribution in [-0.2, 0) is 6.42 Å². The fourth-order valence-corrected chi connectivity index (χ4v) is 2.83. The maximum atomic E-state index is 13.8. The van der Waals surface area contributed by atoms with Crippen LogP contribution in [-0.4, -0.2) is 22.8 Å². The van der Waals surface area contributed by atoms with Crippen LogP contribution in [0.4, 0.5) is 8.78 Å². The second kappa shape index (κ2) is 7.24. The summed E-state index contributed by atoms with van der Waals surface area (Å²) in [6, 6.07) is 2.46. The molecule has 0 saturated heterocycles. The van der Waals surface area contributed by atoms with Crippen molar-refractivity contribution in [1.82, 2.24) is 15.5 Å². The Balaban J connectivity index is 2.04. The third-order valence-electron chi connectivity index (χ3n) is 2.83. The zero-order chi connectivity index (χ0) is 15.4. The van der Waals surface area contributed by atoms with Gasteiger partial charge < -0.3 is 5.32 Å². The van der Waals surface area contributed by atoms with Crippen LogP contribution in [0.1, 0.15) is 25.3 Å². The summed E-state index contributed by atoms with van der Waals surface area (Å²) in [6.07, 6.45) is 1.68. The summed E-state index contributed by atoms with van der Waals surface area (Å²) in [5, 5.41) is 12.2. The molecule has 1 N–H and O–H groups in total. The molecule has 0 fully saturated rings. The Hall–Kier alpha value is -1.11. The van der Waals surface area contributed by atoms with Crippen LogP contribution in [0.25, 0.3) is 10.6 Å². The first-order chi connectivity index (χ1) is 9.97. The fourth-order valence-electron chi connectivity index (χ4n) is 1.78. The van der Waals surface area contributed by atoms with Gasteiger partial charge in [0.1, 0.15) is 16.6 Å². The summed E-state index contributed by atoms with van der Waals surface area (Å²) >= 11 is 6.81. The molecule has 2 rings (SSSR count). The lowest BCUT2D eigenvalue weighted by atomic mass is 10.2. The smallest absolute Gasteiger partial charge is 0.150 e. The van der Waals surface area contributed by atoms with E-state index in [1.807, 2.05) is 0 Å². The topological polar surface area (TPSA) is 37.8 Å². The van der Waals surface area contributed by atoms with Gasteiger partial charge in [0.25, 0.3) is 0 Å². The first-order valence-corrected chi connectivity index (χ1v) is 7.87. The quantitative estimate of drug-likeness (QED) is 0.640. The molecule has 21 heavy (non-hydrogen) atoms. The van der Waals surface area contributed by atoms with Gasteiger partial charge in [-0.05, 0) is 25.1 Å². The molecule has 1 heterocycles. The van der Waals surface area contributed by atoms with E-state index in [1.54, 1.807) is 0 Å². The van der Waals surface area contributed by atoms with E-state index < -0.39 is 11.6 Å². The third kappa shape index (κ3) is 4.43. The first kappa shape index (κ1) is 16.3. The van der Waals surface area contributed by atoms with Gasteiger partial charge in [-0.3, -0.25) is 0 Å². The average molecular weight is 332 g/mol. The molecule has 0 aliphatic rings. The molecule has 7 heteroatoms. The van der Waals surface area contributed by atoms with Gasteiger partial charge in [0.05, 0.1) is 10.6 Å². The third-order valence-corrected chi connectivity index (χ3v) is 4.13. The van der Waals surface area contributed by atoms with Gasteiger partial charge in [-0.15, -0.1) is 10.2 Å². The highest BCUT2D eigenvalue weighted by Crippen LogP contribution is 2.30.